The fourth-order valence-electron chi connectivity index (χ4n) is 1.94. The lowest BCUT2D eigenvalue weighted by molar-refractivity contribution is 0.0419. The van der Waals surface area contributed by atoms with Crippen molar-refractivity contribution in [2.24, 2.45) is 11.1 Å². The van der Waals surface area contributed by atoms with Crippen molar-refractivity contribution in [3.05, 3.63) is 0 Å². The second-order valence-corrected chi connectivity index (χ2v) is 7.27. The van der Waals surface area contributed by atoms with Crippen molar-refractivity contribution in [2.45, 2.75) is 72.6 Å². The molecule has 1 amide bonds. The molecule has 0 heterocycles. The van der Waals surface area contributed by atoms with Gasteiger partial charge in [-0.1, -0.05) is 20.8 Å². The zero-order chi connectivity index (χ0) is 14.1. The number of nitrogens with two attached hydrogens (primary N) is 1. The first-order chi connectivity index (χ1) is 7.23. The van der Waals surface area contributed by atoms with Crippen molar-refractivity contribution < 1.29 is 9.53 Å². The van der Waals surface area contributed by atoms with Gasteiger partial charge in [-0.15, -0.1) is 0 Å². The Kier molecular flexibility index (Phi) is 4.63. The van der Waals surface area contributed by atoms with E-state index in [1.165, 1.54) is 0 Å². The first-order valence-corrected chi connectivity index (χ1v) is 6.02. The number of amides is 1. The molecule has 0 aromatic rings. The maximum Gasteiger partial charge on any atom is 0.407 e. The number of nitrogens with one attached hydrogen (secondary N) is 1. The summed E-state index contributed by atoms with van der Waals surface area (Å²) in [6.45, 7) is 15.5. The van der Waals surface area contributed by atoms with Gasteiger partial charge < -0.3 is 15.8 Å². The second-order valence-electron chi connectivity index (χ2n) is 7.27. The van der Waals surface area contributed by atoms with E-state index in [0.29, 0.717) is 0 Å². The van der Waals surface area contributed by atoms with Gasteiger partial charge in [0.15, 0.2) is 0 Å². The fraction of sp³-hybridized carbons (Fsp3) is 0.923. The van der Waals surface area contributed by atoms with E-state index in [1.54, 1.807) is 0 Å². The predicted molar refractivity (Wildman–Crippen MR) is 70.9 cm³/mol. The Labute approximate surface area is 105 Å². The van der Waals surface area contributed by atoms with Crippen LogP contribution < -0.4 is 11.1 Å². The Hall–Kier alpha value is -0.770. The summed E-state index contributed by atoms with van der Waals surface area (Å²) in [5.41, 5.74) is 4.98. The lowest BCUT2D eigenvalue weighted by Gasteiger charge is -2.41. The minimum absolute atomic E-state index is 0.130. The molecule has 102 valence electrons. The third-order valence-electron chi connectivity index (χ3n) is 2.27. The number of hydrogen-bond acceptors (Lipinski definition) is 3. The largest absolute Gasteiger partial charge is 0.444 e. The quantitative estimate of drug-likeness (QED) is 0.785. The first kappa shape index (κ1) is 16.2. The van der Waals surface area contributed by atoms with Crippen LogP contribution in [0, 0.1) is 5.41 Å². The summed E-state index contributed by atoms with van der Waals surface area (Å²) in [7, 11) is 0. The number of rotatable bonds is 2. The van der Waals surface area contributed by atoms with Gasteiger partial charge in [-0.25, -0.2) is 4.79 Å². The SMILES string of the molecule is CC(C)(C)OC(=O)NC(C(C)(C)C)C(C)(C)N. The first-order valence-electron chi connectivity index (χ1n) is 6.02. The molecule has 17 heavy (non-hydrogen) atoms. The van der Waals surface area contributed by atoms with Crippen molar-refractivity contribution in [1.29, 1.82) is 0 Å². The number of hydrogen-bond donors (Lipinski definition) is 2. The lowest BCUT2D eigenvalue weighted by atomic mass is 9.76. The number of carbonyl (C=O) groups excluding carboxylic acids is 1. The molecule has 0 saturated heterocycles. The van der Waals surface area contributed by atoms with Gasteiger partial charge >= 0.3 is 6.09 Å². The molecule has 0 bridgehead atoms. The zero-order valence-corrected chi connectivity index (χ0v) is 12.5. The van der Waals surface area contributed by atoms with Crippen LogP contribution in [0.3, 0.4) is 0 Å². The Morgan fingerprint density at radius 1 is 1.06 bits per heavy atom. The summed E-state index contributed by atoms with van der Waals surface area (Å²) in [5.74, 6) is 0. The van der Waals surface area contributed by atoms with Crippen molar-refractivity contribution in [3.8, 4) is 0 Å². The monoisotopic (exact) mass is 244 g/mol. The van der Waals surface area contributed by atoms with Gasteiger partial charge in [-0.3, -0.25) is 0 Å². The average Bonchev–Trinajstić information content (AvgIpc) is 1.91. The van der Waals surface area contributed by atoms with E-state index in [-0.39, 0.29) is 11.5 Å². The summed E-state index contributed by atoms with van der Waals surface area (Å²) in [6, 6.07) is -0.162. The van der Waals surface area contributed by atoms with E-state index in [9.17, 15) is 4.79 Å². The standard InChI is InChI=1S/C13H28N2O2/c1-11(2,3)9(13(7,8)14)15-10(16)17-12(4,5)6/h9H,14H2,1-8H3,(H,15,16). The van der Waals surface area contributed by atoms with Crippen molar-refractivity contribution in [2.75, 3.05) is 0 Å². The molecule has 0 aliphatic carbocycles. The van der Waals surface area contributed by atoms with E-state index in [1.807, 2.05) is 55.4 Å². The maximum absolute atomic E-state index is 11.8. The summed E-state index contributed by atoms with van der Waals surface area (Å²) < 4.78 is 5.25. The summed E-state index contributed by atoms with van der Waals surface area (Å²) in [6.07, 6.45) is -0.420. The molecule has 3 N–H and O–H groups in total. The van der Waals surface area contributed by atoms with Crippen LogP contribution in [0.15, 0.2) is 0 Å². The normalized spacial score (nSPS) is 15.4. The highest BCUT2D eigenvalue weighted by Gasteiger charge is 2.37. The third-order valence-corrected chi connectivity index (χ3v) is 2.27. The van der Waals surface area contributed by atoms with Crippen LogP contribution in [0.25, 0.3) is 0 Å². The number of alkyl carbamates (subject to hydrolysis) is 1. The minimum atomic E-state index is -0.505. The van der Waals surface area contributed by atoms with Crippen LogP contribution in [0.4, 0.5) is 4.79 Å². The van der Waals surface area contributed by atoms with E-state index >= 15 is 0 Å². The van der Waals surface area contributed by atoms with E-state index in [0.717, 1.165) is 0 Å². The van der Waals surface area contributed by atoms with Crippen molar-refractivity contribution in [3.63, 3.8) is 0 Å². The Bertz CT molecular complexity index is 253. The molecule has 1 unspecified atom stereocenters. The van der Waals surface area contributed by atoms with Crippen LogP contribution in [0.5, 0.6) is 0 Å². The molecular weight excluding hydrogens is 216 g/mol. The van der Waals surface area contributed by atoms with Gasteiger partial charge in [-0.05, 0) is 40.0 Å². The van der Waals surface area contributed by atoms with E-state index in [4.69, 9.17) is 10.5 Å². The molecular formula is C13H28N2O2. The van der Waals surface area contributed by atoms with Gasteiger partial charge in [-0.2, -0.15) is 0 Å². The topological polar surface area (TPSA) is 64.3 Å². The van der Waals surface area contributed by atoms with Gasteiger partial charge in [0.25, 0.3) is 0 Å². The zero-order valence-electron chi connectivity index (χ0n) is 12.5. The van der Waals surface area contributed by atoms with Crippen LogP contribution in [0.2, 0.25) is 0 Å². The van der Waals surface area contributed by atoms with Crippen molar-refractivity contribution >= 4 is 6.09 Å². The number of carbonyl (C=O) groups is 1. The Morgan fingerprint density at radius 3 is 1.71 bits per heavy atom. The second kappa shape index (κ2) is 4.84. The molecule has 0 radical (unpaired) electrons. The molecule has 4 nitrogen and oxygen atoms in total. The van der Waals surface area contributed by atoms with Crippen molar-refractivity contribution in [1.82, 2.24) is 5.32 Å². The molecule has 0 spiro atoms. The molecule has 0 saturated carbocycles. The molecule has 0 aromatic heterocycles. The van der Waals surface area contributed by atoms with E-state index in [2.05, 4.69) is 5.32 Å². The maximum atomic E-state index is 11.8. The highest BCUT2D eigenvalue weighted by Crippen LogP contribution is 2.26. The Morgan fingerprint density at radius 2 is 1.47 bits per heavy atom. The predicted octanol–water partition coefficient (Wildman–Crippen LogP) is 2.66. The average molecular weight is 244 g/mol. The van der Waals surface area contributed by atoms with Crippen LogP contribution >= 0.6 is 0 Å². The molecule has 4 heteroatoms. The third kappa shape index (κ3) is 6.51. The summed E-state index contributed by atoms with van der Waals surface area (Å²) in [4.78, 5) is 11.8. The van der Waals surface area contributed by atoms with Crippen LogP contribution in [-0.2, 0) is 4.74 Å². The fourth-order valence-corrected chi connectivity index (χ4v) is 1.94. The summed E-state index contributed by atoms with van der Waals surface area (Å²) >= 11 is 0. The minimum Gasteiger partial charge on any atom is -0.444 e. The van der Waals surface area contributed by atoms with Gasteiger partial charge in [0, 0.05) is 5.54 Å². The molecule has 0 rings (SSSR count). The van der Waals surface area contributed by atoms with Gasteiger partial charge in [0.2, 0.25) is 0 Å². The Balaban J connectivity index is 4.75. The number of ether oxygens (including phenoxy) is 1. The highest BCUT2D eigenvalue weighted by atomic mass is 16.6. The van der Waals surface area contributed by atoms with Gasteiger partial charge in [0.05, 0.1) is 6.04 Å². The molecule has 0 aliphatic rings. The van der Waals surface area contributed by atoms with E-state index < -0.39 is 17.2 Å². The molecule has 0 fully saturated rings. The lowest BCUT2D eigenvalue weighted by Crippen LogP contribution is -2.61. The van der Waals surface area contributed by atoms with Crippen LogP contribution in [0.1, 0.15) is 55.4 Å². The smallest absolute Gasteiger partial charge is 0.407 e. The molecule has 1 atom stereocenters. The van der Waals surface area contributed by atoms with Crippen LogP contribution in [-0.4, -0.2) is 23.3 Å². The summed E-state index contributed by atoms with van der Waals surface area (Å²) in [5, 5.41) is 2.87. The van der Waals surface area contributed by atoms with Gasteiger partial charge in [0.1, 0.15) is 5.60 Å². The molecule has 0 aromatic carbocycles. The molecule has 0 aliphatic heterocycles. The highest BCUT2D eigenvalue weighted by molar-refractivity contribution is 5.68.